The van der Waals surface area contributed by atoms with Gasteiger partial charge >= 0.3 is 0 Å². The average molecular weight is 235 g/mol. The summed E-state index contributed by atoms with van der Waals surface area (Å²) in [6, 6.07) is 7.02. The number of para-hydroxylation sites is 1. The maximum absolute atomic E-state index is 11.0. The number of rotatable bonds is 5. The molecule has 1 rings (SSSR count). The number of ketones is 1. The molecule has 0 spiro atoms. The monoisotopic (exact) mass is 235 g/mol. The van der Waals surface area contributed by atoms with Gasteiger partial charge in [0.05, 0.1) is 7.11 Å². The Morgan fingerprint density at radius 2 is 2.06 bits per heavy atom. The van der Waals surface area contributed by atoms with Crippen LogP contribution in [0, 0.1) is 4.91 Å². The molecule has 0 aliphatic heterocycles. The Hall–Kier alpha value is -2.17. The van der Waals surface area contributed by atoms with Gasteiger partial charge in [0.15, 0.2) is 11.5 Å². The molecule has 90 valence electrons. The van der Waals surface area contributed by atoms with E-state index >= 15 is 0 Å². The van der Waals surface area contributed by atoms with Crippen LogP contribution in [0.3, 0.4) is 0 Å². The number of hydrogen-bond donors (Lipinski definition) is 1. The predicted octanol–water partition coefficient (Wildman–Crippen LogP) is 2.36. The van der Waals surface area contributed by atoms with Gasteiger partial charge in [0, 0.05) is 18.9 Å². The second kappa shape index (κ2) is 5.79. The third-order valence-corrected chi connectivity index (χ3v) is 2.25. The van der Waals surface area contributed by atoms with E-state index in [2.05, 4.69) is 5.18 Å². The fourth-order valence-electron chi connectivity index (χ4n) is 1.43. The summed E-state index contributed by atoms with van der Waals surface area (Å²) in [6.07, 6.45) is 0.0324. The van der Waals surface area contributed by atoms with Crippen LogP contribution in [0.1, 0.15) is 12.5 Å². The fourth-order valence-corrected chi connectivity index (χ4v) is 1.43. The minimum atomic E-state index is -0.563. The smallest absolute Gasteiger partial charge is 0.188 e. The van der Waals surface area contributed by atoms with E-state index in [9.17, 15) is 14.8 Å². The van der Waals surface area contributed by atoms with Crippen LogP contribution in [-0.4, -0.2) is 18.0 Å². The van der Waals surface area contributed by atoms with Crippen LogP contribution in [0.15, 0.2) is 40.9 Å². The summed E-state index contributed by atoms with van der Waals surface area (Å²) in [5, 5.41) is 12.2. The van der Waals surface area contributed by atoms with E-state index in [0.29, 0.717) is 11.3 Å². The van der Waals surface area contributed by atoms with Crippen molar-refractivity contribution in [1.29, 1.82) is 0 Å². The highest BCUT2D eigenvalue weighted by molar-refractivity contribution is 5.93. The molecule has 0 unspecified atom stereocenters. The van der Waals surface area contributed by atoms with E-state index in [1.807, 2.05) is 0 Å². The van der Waals surface area contributed by atoms with Gasteiger partial charge in [0.25, 0.3) is 0 Å². The zero-order valence-corrected chi connectivity index (χ0v) is 9.64. The third kappa shape index (κ3) is 3.14. The van der Waals surface area contributed by atoms with Crippen LogP contribution < -0.4 is 4.74 Å². The van der Waals surface area contributed by atoms with Crippen molar-refractivity contribution in [2.45, 2.75) is 13.3 Å². The summed E-state index contributed by atoms with van der Waals surface area (Å²) < 4.78 is 5.09. The number of allylic oxidation sites excluding steroid dienone is 2. The van der Waals surface area contributed by atoms with Crippen molar-refractivity contribution in [2.75, 3.05) is 7.11 Å². The largest absolute Gasteiger partial charge is 0.509 e. The van der Waals surface area contributed by atoms with E-state index in [-0.39, 0.29) is 12.2 Å². The molecule has 0 bridgehead atoms. The van der Waals surface area contributed by atoms with E-state index in [1.165, 1.54) is 14.0 Å². The van der Waals surface area contributed by atoms with Gasteiger partial charge in [-0.15, -0.1) is 4.91 Å². The van der Waals surface area contributed by atoms with Crippen LogP contribution in [0.5, 0.6) is 5.75 Å². The number of nitrogens with zero attached hydrogens (tertiary/aromatic N) is 1. The van der Waals surface area contributed by atoms with E-state index in [1.54, 1.807) is 24.3 Å². The lowest BCUT2D eigenvalue weighted by Gasteiger charge is -2.07. The molecule has 1 aromatic rings. The molecule has 0 aromatic heterocycles. The quantitative estimate of drug-likeness (QED) is 0.483. The van der Waals surface area contributed by atoms with Crippen molar-refractivity contribution in [2.24, 2.45) is 5.18 Å². The highest BCUT2D eigenvalue weighted by Gasteiger charge is 2.13. The van der Waals surface area contributed by atoms with Crippen molar-refractivity contribution in [1.82, 2.24) is 0 Å². The number of benzene rings is 1. The molecule has 0 aliphatic rings. The molecule has 17 heavy (non-hydrogen) atoms. The first-order valence-electron chi connectivity index (χ1n) is 4.98. The molecule has 5 heteroatoms. The minimum Gasteiger partial charge on any atom is -0.509 e. The summed E-state index contributed by atoms with van der Waals surface area (Å²) in [5.74, 6) is -0.336. The van der Waals surface area contributed by atoms with Gasteiger partial charge < -0.3 is 9.84 Å². The number of carbonyl (C=O) groups excluding carboxylic acids is 1. The van der Waals surface area contributed by atoms with Gasteiger partial charge in [-0.25, -0.2) is 0 Å². The third-order valence-electron chi connectivity index (χ3n) is 2.25. The van der Waals surface area contributed by atoms with Crippen molar-refractivity contribution in [3.8, 4) is 5.75 Å². The van der Waals surface area contributed by atoms with Gasteiger partial charge in [-0.1, -0.05) is 18.2 Å². The number of aliphatic hydroxyl groups excluding tert-OH is 1. The Bertz CT molecular complexity index is 465. The summed E-state index contributed by atoms with van der Waals surface area (Å²) in [7, 11) is 1.50. The number of aliphatic hydroxyl groups is 1. The number of ether oxygens (including phenoxy) is 1. The lowest BCUT2D eigenvalue weighted by molar-refractivity contribution is -0.113. The second-order valence-electron chi connectivity index (χ2n) is 3.43. The van der Waals surface area contributed by atoms with Crippen LogP contribution >= 0.6 is 0 Å². The highest BCUT2D eigenvalue weighted by Crippen LogP contribution is 2.21. The molecule has 0 amide bonds. The first-order chi connectivity index (χ1) is 8.10. The second-order valence-corrected chi connectivity index (χ2v) is 3.43. The zero-order chi connectivity index (χ0) is 12.8. The molecule has 1 aromatic carbocycles. The first-order valence-corrected chi connectivity index (χ1v) is 4.98. The Kier molecular flexibility index (Phi) is 4.39. The maximum atomic E-state index is 11.0. The number of hydrogen-bond acceptors (Lipinski definition) is 5. The lowest BCUT2D eigenvalue weighted by Crippen LogP contribution is -2.02. The molecular weight excluding hydrogens is 222 g/mol. The maximum Gasteiger partial charge on any atom is 0.188 e. The van der Waals surface area contributed by atoms with Gasteiger partial charge in [0.2, 0.25) is 0 Å². The molecule has 0 fully saturated rings. The number of carbonyl (C=O) groups is 1. The summed E-state index contributed by atoms with van der Waals surface area (Å²) >= 11 is 0. The van der Waals surface area contributed by atoms with Crippen LogP contribution in [0.4, 0.5) is 0 Å². The average Bonchev–Trinajstić information content (AvgIpc) is 2.30. The minimum absolute atomic E-state index is 0.0324. The molecule has 0 heterocycles. The van der Waals surface area contributed by atoms with Crippen LogP contribution in [0.2, 0.25) is 0 Å². The Labute approximate surface area is 98.7 Å². The Morgan fingerprint density at radius 1 is 1.41 bits per heavy atom. The first kappa shape index (κ1) is 12.9. The topological polar surface area (TPSA) is 76.0 Å². The summed E-state index contributed by atoms with van der Waals surface area (Å²) in [5.41, 5.74) is 0.228. The van der Waals surface area contributed by atoms with E-state index in [0.717, 1.165) is 0 Å². The van der Waals surface area contributed by atoms with Crippen molar-refractivity contribution in [3.05, 3.63) is 46.2 Å². The highest BCUT2D eigenvalue weighted by atomic mass is 16.5. The van der Waals surface area contributed by atoms with Gasteiger partial charge in [0.1, 0.15) is 11.5 Å². The van der Waals surface area contributed by atoms with Crippen LogP contribution in [0.25, 0.3) is 0 Å². The molecule has 0 saturated carbocycles. The number of nitroso groups, excluding NO2 is 1. The number of methoxy groups -OCH3 is 1. The van der Waals surface area contributed by atoms with Crippen LogP contribution in [-0.2, 0) is 11.2 Å². The van der Waals surface area contributed by atoms with E-state index in [4.69, 9.17) is 4.74 Å². The van der Waals surface area contributed by atoms with Gasteiger partial charge in [-0.05, 0) is 11.2 Å². The molecule has 0 aliphatic carbocycles. The van der Waals surface area contributed by atoms with Crippen molar-refractivity contribution >= 4 is 5.78 Å². The predicted molar refractivity (Wildman–Crippen MR) is 62.8 cm³/mol. The zero-order valence-electron chi connectivity index (χ0n) is 9.64. The lowest BCUT2D eigenvalue weighted by atomic mass is 10.1. The molecule has 5 nitrogen and oxygen atoms in total. The number of Topliss-reactive ketones (excluding diaryl/α,β-unsaturated/α-hetero) is 1. The Morgan fingerprint density at radius 3 is 2.59 bits per heavy atom. The molecule has 0 radical (unpaired) electrons. The standard InChI is InChI=1S/C12H13NO4/c1-8(14)12(13-16)10(15)7-9-5-3-4-6-11(9)17-2/h3-6,15H,7H2,1-2H3/b12-10-. The fraction of sp³-hybridized carbons (Fsp3) is 0.250. The Balaban J connectivity index is 3.05. The van der Waals surface area contributed by atoms with Crippen molar-refractivity contribution in [3.63, 3.8) is 0 Å². The van der Waals surface area contributed by atoms with Crippen molar-refractivity contribution < 1.29 is 14.6 Å². The van der Waals surface area contributed by atoms with Gasteiger partial charge in [-0.2, -0.15) is 0 Å². The molecular formula is C12H13NO4. The molecule has 0 atom stereocenters. The van der Waals surface area contributed by atoms with E-state index < -0.39 is 11.5 Å². The summed E-state index contributed by atoms with van der Waals surface area (Å²) in [4.78, 5) is 21.4. The van der Waals surface area contributed by atoms with Gasteiger partial charge in [-0.3, -0.25) is 4.79 Å². The SMILES string of the molecule is COc1ccccc1C/C(O)=C(/N=O)C(C)=O. The normalized spacial score (nSPS) is 11.6. The summed E-state index contributed by atoms with van der Waals surface area (Å²) in [6.45, 7) is 1.18. The molecule has 1 N–H and O–H groups in total. The molecule has 0 saturated heterocycles.